The summed E-state index contributed by atoms with van der Waals surface area (Å²) in [5, 5.41) is 3.25. The summed E-state index contributed by atoms with van der Waals surface area (Å²) >= 11 is 12.2. The van der Waals surface area contributed by atoms with E-state index in [0.717, 1.165) is 16.0 Å². The lowest BCUT2D eigenvalue weighted by molar-refractivity contribution is -0.122. The summed E-state index contributed by atoms with van der Waals surface area (Å²) in [6.45, 7) is 5.78. The van der Waals surface area contributed by atoms with E-state index in [1.165, 1.54) is 13.2 Å². The molecule has 0 bridgehead atoms. The number of methoxy groups -OCH3 is 1. The molecular weight excluding hydrogens is 527 g/mol. The first-order chi connectivity index (χ1) is 18.2. The first kappa shape index (κ1) is 27.0. The number of barbiturate groups is 1. The van der Waals surface area contributed by atoms with Crippen molar-refractivity contribution in [3.63, 3.8) is 0 Å². The highest BCUT2D eigenvalue weighted by Gasteiger charge is 2.37. The van der Waals surface area contributed by atoms with Gasteiger partial charge in [-0.05, 0) is 72.5 Å². The average molecular weight is 551 g/mol. The smallest absolute Gasteiger partial charge is 0.335 e. The number of benzene rings is 3. The Morgan fingerprint density at radius 2 is 1.79 bits per heavy atom. The fourth-order valence-corrected chi connectivity index (χ4v) is 4.30. The molecule has 0 aliphatic carbocycles. The maximum Gasteiger partial charge on any atom is 0.335 e. The Labute approximate surface area is 230 Å². The molecule has 1 aliphatic rings. The molecule has 1 N–H and O–H groups in total. The lowest BCUT2D eigenvalue weighted by Crippen LogP contribution is -2.54. The first-order valence-corrected chi connectivity index (χ1v) is 12.3. The van der Waals surface area contributed by atoms with Gasteiger partial charge in [-0.2, -0.15) is 0 Å². The molecule has 0 spiro atoms. The van der Waals surface area contributed by atoms with Crippen LogP contribution in [0.1, 0.15) is 22.3 Å². The molecule has 0 aromatic heterocycles. The highest BCUT2D eigenvalue weighted by atomic mass is 35.5. The predicted molar refractivity (Wildman–Crippen MR) is 148 cm³/mol. The number of nitrogens with one attached hydrogen (secondary N) is 1. The van der Waals surface area contributed by atoms with Crippen LogP contribution in [0.15, 0.2) is 72.8 Å². The van der Waals surface area contributed by atoms with Crippen LogP contribution in [-0.2, 0) is 22.6 Å². The zero-order chi connectivity index (χ0) is 27.4. The number of hydrogen-bond donors (Lipinski definition) is 1. The summed E-state index contributed by atoms with van der Waals surface area (Å²) in [6, 6.07) is 14.7. The van der Waals surface area contributed by atoms with Crippen molar-refractivity contribution in [1.29, 1.82) is 0 Å². The fourth-order valence-electron chi connectivity index (χ4n) is 4.01. The van der Waals surface area contributed by atoms with Crippen molar-refractivity contribution in [2.24, 2.45) is 0 Å². The van der Waals surface area contributed by atoms with E-state index < -0.39 is 17.8 Å². The second-order valence-corrected chi connectivity index (χ2v) is 9.30. The molecule has 4 amide bonds. The number of hydrogen-bond acceptors (Lipinski definition) is 5. The van der Waals surface area contributed by atoms with Crippen LogP contribution in [-0.4, -0.2) is 25.0 Å². The highest BCUT2D eigenvalue weighted by molar-refractivity contribution is 6.40. The molecule has 0 radical (unpaired) electrons. The molecule has 3 aromatic carbocycles. The van der Waals surface area contributed by atoms with Crippen molar-refractivity contribution in [1.82, 2.24) is 5.32 Å². The van der Waals surface area contributed by atoms with Crippen LogP contribution in [0.4, 0.5) is 10.5 Å². The Balaban J connectivity index is 1.71. The van der Waals surface area contributed by atoms with Crippen LogP contribution in [0.2, 0.25) is 10.0 Å². The number of imide groups is 2. The third-order valence-electron chi connectivity index (χ3n) is 5.93. The zero-order valence-corrected chi connectivity index (χ0v) is 22.2. The van der Waals surface area contributed by atoms with E-state index in [-0.39, 0.29) is 17.9 Å². The lowest BCUT2D eigenvalue weighted by Gasteiger charge is -2.27. The largest absolute Gasteiger partial charge is 0.493 e. The number of rotatable bonds is 8. The summed E-state index contributed by atoms with van der Waals surface area (Å²) in [7, 11) is 1.50. The number of allylic oxidation sites excluding steroid dienone is 1. The van der Waals surface area contributed by atoms with E-state index in [1.54, 1.807) is 55.5 Å². The Kier molecular flexibility index (Phi) is 8.20. The minimum Gasteiger partial charge on any atom is -0.493 e. The third-order valence-corrected chi connectivity index (χ3v) is 6.59. The summed E-state index contributed by atoms with van der Waals surface area (Å²) < 4.78 is 11.7. The molecule has 4 rings (SSSR count). The van der Waals surface area contributed by atoms with Gasteiger partial charge >= 0.3 is 6.03 Å². The molecule has 1 saturated heterocycles. The number of carbonyl (C=O) groups is 3. The molecular formula is C29H24Cl2N2O5. The van der Waals surface area contributed by atoms with E-state index in [1.807, 2.05) is 12.1 Å². The molecule has 0 unspecified atom stereocenters. The van der Waals surface area contributed by atoms with Gasteiger partial charge in [0.05, 0.1) is 12.8 Å². The fraction of sp³-hybridized carbons (Fsp3) is 0.138. The van der Waals surface area contributed by atoms with Gasteiger partial charge in [0.25, 0.3) is 11.8 Å². The van der Waals surface area contributed by atoms with Crippen LogP contribution < -0.4 is 19.7 Å². The van der Waals surface area contributed by atoms with Crippen LogP contribution in [0.25, 0.3) is 6.08 Å². The van der Waals surface area contributed by atoms with E-state index in [2.05, 4.69) is 11.9 Å². The van der Waals surface area contributed by atoms with Crippen LogP contribution in [0.5, 0.6) is 11.5 Å². The number of carbonyl (C=O) groups excluding carboxylic acids is 3. The van der Waals surface area contributed by atoms with E-state index >= 15 is 0 Å². The quantitative estimate of drug-likeness (QED) is 0.202. The summed E-state index contributed by atoms with van der Waals surface area (Å²) in [4.78, 5) is 39.6. The van der Waals surface area contributed by atoms with Gasteiger partial charge in [0, 0.05) is 15.6 Å². The van der Waals surface area contributed by atoms with Crippen LogP contribution >= 0.6 is 23.2 Å². The highest BCUT2D eigenvalue weighted by Crippen LogP contribution is 2.36. The van der Waals surface area contributed by atoms with Crippen molar-refractivity contribution in [2.45, 2.75) is 20.0 Å². The molecule has 9 heteroatoms. The van der Waals surface area contributed by atoms with Gasteiger partial charge in [0.1, 0.15) is 12.2 Å². The lowest BCUT2D eigenvalue weighted by atomic mass is 10.0. The average Bonchev–Trinajstić information content (AvgIpc) is 2.89. The molecule has 1 fully saturated rings. The zero-order valence-electron chi connectivity index (χ0n) is 20.7. The molecule has 7 nitrogen and oxygen atoms in total. The van der Waals surface area contributed by atoms with E-state index in [9.17, 15) is 14.4 Å². The van der Waals surface area contributed by atoms with Crippen molar-refractivity contribution in [2.75, 3.05) is 12.0 Å². The second kappa shape index (κ2) is 11.5. The molecule has 1 aliphatic heterocycles. The number of anilines is 1. The van der Waals surface area contributed by atoms with Gasteiger partial charge in [-0.3, -0.25) is 14.9 Å². The predicted octanol–water partition coefficient (Wildman–Crippen LogP) is 6.28. The summed E-state index contributed by atoms with van der Waals surface area (Å²) in [6.07, 6.45) is 3.56. The normalized spacial score (nSPS) is 14.5. The maximum atomic E-state index is 13.4. The SMILES string of the molecule is C=CCc1cc(/C=C2\C(=O)NC(=O)N(c3cccc(Cl)c3C)C2=O)cc(OC)c1OCc1ccc(Cl)cc1. The third kappa shape index (κ3) is 5.59. The van der Waals surface area contributed by atoms with Crippen LogP contribution in [0, 0.1) is 6.92 Å². The number of amides is 4. The molecule has 1 heterocycles. The van der Waals surface area contributed by atoms with Gasteiger partial charge in [-0.15, -0.1) is 6.58 Å². The molecule has 0 atom stereocenters. The van der Waals surface area contributed by atoms with Crippen LogP contribution in [0.3, 0.4) is 0 Å². The van der Waals surface area contributed by atoms with E-state index in [4.69, 9.17) is 32.7 Å². The van der Waals surface area contributed by atoms with Crippen molar-refractivity contribution in [3.8, 4) is 11.5 Å². The Bertz CT molecular complexity index is 1460. The number of halogens is 2. The summed E-state index contributed by atoms with van der Waals surface area (Å²) in [5.41, 5.74) is 2.76. The molecule has 38 heavy (non-hydrogen) atoms. The molecule has 0 saturated carbocycles. The summed E-state index contributed by atoms with van der Waals surface area (Å²) in [5.74, 6) is -0.651. The Morgan fingerprint density at radius 3 is 2.47 bits per heavy atom. The van der Waals surface area contributed by atoms with Gasteiger partial charge in [-0.25, -0.2) is 9.69 Å². The Morgan fingerprint density at radius 1 is 1.05 bits per heavy atom. The maximum absolute atomic E-state index is 13.4. The number of urea groups is 1. The van der Waals surface area contributed by atoms with E-state index in [0.29, 0.717) is 39.1 Å². The van der Waals surface area contributed by atoms with Crippen molar-refractivity contribution in [3.05, 3.63) is 105 Å². The number of ether oxygens (including phenoxy) is 2. The Hall–Kier alpha value is -4.07. The van der Waals surface area contributed by atoms with Gasteiger partial charge in [0.2, 0.25) is 0 Å². The van der Waals surface area contributed by atoms with Crippen molar-refractivity contribution >= 4 is 52.8 Å². The second-order valence-electron chi connectivity index (χ2n) is 8.46. The minimum atomic E-state index is -0.849. The van der Waals surface area contributed by atoms with Gasteiger partial charge in [-0.1, -0.05) is 47.5 Å². The molecule has 3 aromatic rings. The monoisotopic (exact) mass is 550 g/mol. The molecule has 194 valence electrons. The minimum absolute atomic E-state index is 0.217. The number of nitrogens with zero attached hydrogens (tertiary/aromatic N) is 1. The van der Waals surface area contributed by atoms with Gasteiger partial charge in [0.15, 0.2) is 11.5 Å². The standard InChI is InChI=1S/C29H24Cl2N2O5/c1-4-6-20-13-19(15-25(37-3)26(20)38-16-18-9-11-21(30)12-10-18)14-22-27(34)32-29(36)33(28(22)35)24-8-5-7-23(31)17(24)2/h4-5,7-15H,1,6,16H2,2-3H3,(H,32,34,36)/b22-14+. The topological polar surface area (TPSA) is 84.9 Å². The first-order valence-electron chi connectivity index (χ1n) is 11.6. The van der Waals surface area contributed by atoms with Gasteiger partial charge < -0.3 is 9.47 Å². The van der Waals surface area contributed by atoms with Crippen molar-refractivity contribution < 1.29 is 23.9 Å².